The van der Waals surface area contributed by atoms with Crippen molar-refractivity contribution in [2.24, 2.45) is 0 Å². The van der Waals surface area contributed by atoms with Gasteiger partial charge in [0.15, 0.2) is 0 Å². The molecule has 288 valence electrons. The summed E-state index contributed by atoms with van der Waals surface area (Å²) in [6, 6.07) is 27.3. The van der Waals surface area contributed by atoms with Gasteiger partial charge in [-0.1, -0.05) is 161 Å². The van der Waals surface area contributed by atoms with Gasteiger partial charge in [-0.25, -0.2) is 17.6 Å². The highest BCUT2D eigenvalue weighted by Crippen LogP contribution is 2.34. The van der Waals surface area contributed by atoms with Crippen molar-refractivity contribution >= 4 is 0 Å². The molecule has 0 aromatic heterocycles. The molecule has 4 aromatic rings. The molecular weight excluding hydrogens is 653 g/mol. The third kappa shape index (κ3) is 15.7. The van der Waals surface area contributed by atoms with Crippen LogP contribution in [0.5, 0.6) is 0 Å². The fraction of sp³-hybridized carbons (Fsp3) is 0.500. The highest BCUT2D eigenvalue weighted by atomic mass is 19.3. The van der Waals surface area contributed by atoms with E-state index in [9.17, 15) is 17.6 Å². The Kier molecular flexibility index (Phi) is 15.8. The first-order chi connectivity index (χ1) is 23.2. The summed E-state index contributed by atoms with van der Waals surface area (Å²) in [5.41, 5.74) is 10.1. The number of hydrogen-bond acceptors (Lipinski definition) is 0. The first-order valence-corrected chi connectivity index (χ1v) is 18.4. The van der Waals surface area contributed by atoms with E-state index in [1.165, 1.54) is 33.9 Å². The number of benzene rings is 4. The maximum Gasteiger partial charge on any atom is 0.270 e. The second-order valence-electron chi connectivity index (χ2n) is 18.6. The minimum absolute atomic E-state index is 0.0821. The molecule has 4 rings (SSSR count). The number of alkyl halides is 4. The molecule has 0 aliphatic carbocycles. The van der Waals surface area contributed by atoms with Crippen molar-refractivity contribution in [1.82, 2.24) is 0 Å². The van der Waals surface area contributed by atoms with Crippen LogP contribution >= 0.6 is 0 Å². The fourth-order valence-corrected chi connectivity index (χ4v) is 5.14. The van der Waals surface area contributed by atoms with Gasteiger partial charge in [-0.3, -0.25) is 0 Å². The first kappa shape index (κ1) is 46.6. The Balaban J connectivity index is 0.000000349. The van der Waals surface area contributed by atoms with Crippen molar-refractivity contribution in [2.75, 3.05) is 0 Å². The number of halogens is 4. The lowest BCUT2D eigenvalue weighted by molar-refractivity contribution is 0.0162. The lowest BCUT2D eigenvalue weighted by Crippen LogP contribution is -2.15. The average Bonchev–Trinajstić information content (AvgIpc) is 2.97. The van der Waals surface area contributed by atoms with Crippen LogP contribution in [0, 0.1) is 27.7 Å². The molecule has 4 heteroatoms. The van der Waals surface area contributed by atoms with Crippen molar-refractivity contribution in [2.45, 2.75) is 158 Å². The first-order valence-electron chi connectivity index (χ1n) is 18.4. The van der Waals surface area contributed by atoms with Crippen LogP contribution in [-0.4, -0.2) is 0 Å². The summed E-state index contributed by atoms with van der Waals surface area (Å²) in [6.07, 6.45) is 0. The van der Waals surface area contributed by atoms with Gasteiger partial charge in [0.1, 0.15) is 0 Å². The van der Waals surface area contributed by atoms with E-state index in [1.54, 1.807) is 31.2 Å². The van der Waals surface area contributed by atoms with Gasteiger partial charge in [0.05, 0.1) is 0 Å². The van der Waals surface area contributed by atoms with Crippen molar-refractivity contribution < 1.29 is 17.6 Å². The lowest BCUT2D eigenvalue weighted by atomic mass is 9.84. The Hall–Kier alpha value is -3.40. The van der Waals surface area contributed by atoms with Crippen LogP contribution in [-0.2, 0) is 33.5 Å². The molecule has 4 aromatic carbocycles. The van der Waals surface area contributed by atoms with Gasteiger partial charge >= 0.3 is 0 Å². The van der Waals surface area contributed by atoms with Gasteiger partial charge in [0.25, 0.3) is 11.8 Å². The van der Waals surface area contributed by atoms with Crippen molar-refractivity contribution in [3.63, 3.8) is 0 Å². The third-order valence-electron chi connectivity index (χ3n) is 9.07. The van der Waals surface area contributed by atoms with Crippen LogP contribution in [0.15, 0.2) is 84.9 Å². The molecule has 0 spiro atoms. The fourth-order valence-electron chi connectivity index (χ4n) is 5.14. The summed E-state index contributed by atoms with van der Waals surface area (Å²) in [5.74, 6) is -5.51. The van der Waals surface area contributed by atoms with E-state index < -0.39 is 11.8 Å². The predicted octanol–water partition coefficient (Wildman–Crippen LogP) is 15.4. The molecule has 0 aliphatic heterocycles. The molecule has 0 fully saturated rings. The molecule has 0 amide bonds. The molecule has 52 heavy (non-hydrogen) atoms. The van der Waals surface area contributed by atoms with E-state index in [0.717, 1.165) is 25.0 Å². The van der Waals surface area contributed by atoms with Crippen LogP contribution in [0.3, 0.4) is 0 Å². The van der Waals surface area contributed by atoms with Crippen molar-refractivity contribution in [3.05, 3.63) is 141 Å². The molecular formula is C48H68F4. The predicted molar refractivity (Wildman–Crippen MR) is 219 cm³/mol. The zero-order valence-corrected chi connectivity index (χ0v) is 35.6. The number of aryl methyl sites for hydroxylation is 4. The van der Waals surface area contributed by atoms with Gasteiger partial charge in [-0.15, -0.1) is 0 Å². The molecule has 0 heterocycles. The molecule has 0 saturated carbocycles. The summed E-state index contributed by atoms with van der Waals surface area (Å²) in [6.45, 7) is 35.6. The summed E-state index contributed by atoms with van der Waals surface area (Å²) < 4.78 is 52.6. The van der Waals surface area contributed by atoms with Crippen LogP contribution in [0.1, 0.15) is 153 Å². The molecule has 0 unspecified atom stereocenters. The third-order valence-corrected chi connectivity index (χ3v) is 9.07. The molecule has 0 atom stereocenters. The lowest BCUT2D eigenvalue weighted by Gasteiger charge is -2.22. The molecule has 0 saturated heterocycles. The Morgan fingerprint density at radius 1 is 0.327 bits per heavy atom. The monoisotopic (exact) mass is 721 g/mol. The van der Waals surface area contributed by atoms with E-state index in [-0.39, 0.29) is 32.8 Å². The van der Waals surface area contributed by atoms with Gasteiger partial charge in [-0.2, -0.15) is 0 Å². The Morgan fingerprint density at radius 2 is 0.692 bits per heavy atom. The molecule has 0 radical (unpaired) electrons. The van der Waals surface area contributed by atoms with Gasteiger partial charge < -0.3 is 0 Å². The second kappa shape index (κ2) is 17.6. The molecule has 0 nitrogen and oxygen atoms in total. The zero-order valence-electron chi connectivity index (χ0n) is 35.6. The van der Waals surface area contributed by atoms with Crippen molar-refractivity contribution in [3.8, 4) is 0 Å². The highest BCUT2D eigenvalue weighted by Gasteiger charge is 2.28. The molecule has 0 bridgehead atoms. The minimum Gasteiger partial charge on any atom is -0.202 e. The van der Waals surface area contributed by atoms with E-state index in [1.807, 2.05) is 53.7 Å². The van der Waals surface area contributed by atoms with Crippen LogP contribution < -0.4 is 0 Å². The van der Waals surface area contributed by atoms with Crippen LogP contribution in [0.4, 0.5) is 17.6 Å². The van der Waals surface area contributed by atoms with E-state index in [2.05, 4.69) is 105 Å². The summed E-state index contributed by atoms with van der Waals surface area (Å²) in [5, 5.41) is 0. The molecule has 0 aliphatic rings. The van der Waals surface area contributed by atoms with Crippen LogP contribution in [0.2, 0.25) is 0 Å². The topological polar surface area (TPSA) is 0 Å². The van der Waals surface area contributed by atoms with Gasteiger partial charge in [0, 0.05) is 25.0 Å². The Morgan fingerprint density at radius 3 is 1.06 bits per heavy atom. The normalized spacial score (nSPS) is 12.4. The average molecular weight is 721 g/mol. The maximum atomic E-state index is 13.3. The summed E-state index contributed by atoms with van der Waals surface area (Å²) in [4.78, 5) is 0. The number of hydrogen-bond donors (Lipinski definition) is 0. The zero-order chi connectivity index (χ0) is 40.7. The van der Waals surface area contributed by atoms with E-state index in [4.69, 9.17) is 0 Å². The highest BCUT2D eigenvalue weighted by molar-refractivity contribution is 5.37. The summed E-state index contributed by atoms with van der Waals surface area (Å²) >= 11 is 0. The second-order valence-corrected chi connectivity index (χ2v) is 18.6. The maximum absolute atomic E-state index is 13.3. The quantitative estimate of drug-likeness (QED) is 0.181. The standard InChI is InChI=1S/C13H18F2.C12H16F2.C12H18.C11H16/c1-9-6-7-10(12(2,3)4)8-11(9)13(5,14)15;1-11(2,3)9-6-5-7-10(8-9)12(4,13)14;1-9-6-7-11(8-10(9)2)12(3,4)5;1-9-6-5-7-10(8-9)11(2,3)4/h6-8H,1-5H3;5-8H,1-4H3;6-8H,1-5H3;5-8H,1-4H3. The minimum atomic E-state index is -2.76. The number of rotatable bonds is 2. The summed E-state index contributed by atoms with van der Waals surface area (Å²) in [7, 11) is 0. The van der Waals surface area contributed by atoms with Gasteiger partial charge in [0.2, 0.25) is 0 Å². The SMILES string of the molecule is CC(C)(C)c1cccc(C(C)(F)F)c1.Cc1ccc(C(C)(C)C)cc1C.Cc1ccc(C(C)(C)C)cc1C(C)(F)F.Cc1cccc(C(C)(C)C)c1. The van der Waals surface area contributed by atoms with Crippen molar-refractivity contribution in [1.29, 1.82) is 0 Å². The largest absolute Gasteiger partial charge is 0.270 e. The smallest absolute Gasteiger partial charge is 0.202 e. The van der Waals surface area contributed by atoms with Crippen LogP contribution in [0.25, 0.3) is 0 Å². The van der Waals surface area contributed by atoms with E-state index >= 15 is 0 Å². The Labute approximate surface area is 315 Å². The van der Waals surface area contributed by atoms with Gasteiger partial charge in [-0.05, 0) is 100 Å². The molecule has 0 N–H and O–H groups in total. The Bertz CT molecular complexity index is 1670. The van der Waals surface area contributed by atoms with E-state index in [0.29, 0.717) is 5.56 Å².